The average molecular weight is 280 g/mol. The van der Waals surface area contributed by atoms with Gasteiger partial charge < -0.3 is 4.74 Å². The van der Waals surface area contributed by atoms with Gasteiger partial charge in [-0.3, -0.25) is 11.3 Å². The molecule has 0 aromatic heterocycles. The molecule has 1 aliphatic rings. The van der Waals surface area contributed by atoms with E-state index in [1.807, 2.05) is 23.9 Å². The lowest BCUT2D eigenvalue weighted by molar-refractivity contribution is 0.150. The molecule has 106 valence electrons. The van der Waals surface area contributed by atoms with Gasteiger partial charge in [-0.1, -0.05) is 38.8 Å². The molecule has 0 radical (unpaired) electrons. The van der Waals surface area contributed by atoms with E-state index in [1.165, 1.54) is 17.7 Å². The minimum atomic E-state index is 0.157. The van der Waals surface area contributed by atoms with Crippen LogP contribution in [0.2, 0.25) is 0 Å². The molecule has 1 aromatic rings. The number of para-hydroxylation sites is 1. The predicted molar refractivity (Wildman–Crippen MR) is 81.4 cm³/mol. The van der Waals surface area contributed by atoms with Crippen LogP contribution in [0.25, 0.3) is 0 Å². The van der Waals surface area contributed by atoms with Crippen LogP contribution in [0.1, 0.15) is 33.1 Å². The summed E-state index contributed by atoms with van der Waals surface area (Å²) in [7, 11) is 0. The van der Waals surface area contributed by atoms with Gasteiger partial charge in [0.05, 0.1) is 6.04 Å². The van der Waals surface area contributed by atoms with Crippen LogP contribution in [0.15, 0.2) is 29.2 Å². The molecular weight excluding hydrogens is 256 g/mol. The topological polar surface area (TPSA) is 47.3 Å². The summed E-state index contributed by atoms with van der Waals surface area (Å²) in [5, 5.41) is 0. The van der Waals surface area contributed by atoms with E-state index in [-0.39, 0.29) is 12.1 Å². The molecule has 0 spiro atoms. The van der Waals surface area contributed by atoms with Crippen molar-refractivity contribution in [3.05, 3.63) is 24.3 Å². The van der Waals surface area contributed by atoms with Crippen molar-refractivity contribution < 1.29 is 4.74 Å². The first-order chi connectivity index (χ1) is 9.24. The Labute approximate surface area is 120 Å². The number of rotatable bonds is 6. The Morgan fingerprint density at radius 2 is 2.26 bits per heavy atom. The maximum Gasteiger partial charge on any atom is 0.133 e. The van der Waals surface area contributed by atoms with Crippen LogP contribution in [0.3, 0.4) is 0 Å². The number of hydrazine groups is 1. The summed E-state index contributed by atoms with van der Waals surface area (Å²) in [6.07, 6.45) is 3.69. The van der Waals surface area contributed by atoms with Crippen molar-refractivity contribution in [2.45, 2.75) is 50.2 Å². The van der Waals surface area contributed by atoms with Crippen molar-refractivity contribution >= 4 is 11.8 Å². The van der Waals surface area contributed by atoms with Gasteiger partial charge in [0.15, 0.2) is 0 Å². The normalized spacial score (nSPS) is 21.3. The SMILES string of the molecule is CCCC(C)CC(NN)C1CSc2ccccc2O1. The summed E-state index contributed by atoms with van der Waals surface area (Å²) in [6, 6.07) is 8.45. The van der Waals surface area contributed by atoms with E-state index in [4.69, 9.17) is 10.6 Å². The lowest BCUT2D eigenvalue weighted by atomic mass is 9.95. The van der Waals surface area contributed by atoms with Crippen LogP contribution in [0.5, 0.6) is 5.75 Å². The first kappa shape index (κ1) is 14.7. The third-order valence-electron chi connectivity index (χ3n) is 3.63. The second kappa shape index (κ2) is 7.17. The third-order valence-corrected chi connectivity index (χ3v) is 4.77. The van der Waals surface area contributed by atoms with E-state index in [0.29, 0.717) is 5.92 Å². The van der Waals surface area contributed by atoms with Gasteiger partial charge in [-0.15, -0.1) is 11.8 Å². The van der Waals surface area contributed by atoms with Crippen molar-refractivity contribution in [3.8, 4) is 5.75 Å². The summed E-state index contributed by atoms with van der Waals surface area (Å²) in [5.41, 5.74) is 2.95. The smallest absolute Gasteiger partial charge is 0.133 e. The number of hydrogen-bond donors (Lipinski definition) is 2. The predicted octanol–water partition coefficient (Wildman–Crippen LogP) is 3.20. The van der Waals surface area contributed by atoms with E-state index in [2.05, 4.69) is 31.4 Å². The highest BCUT2D eigenvalue weighted by molar-refractivity contribution is 7.99. The van der Waals surface area contributed by atoms with Gasteiger partial charge >= 0.3 is 0 Å². The molecule has 4 heteroatoms. The Kier molecular flexibility index (Phi) is 5.55. The van der Waals surface area contributed by atoms with E-state index in [0.717, 1.165) is 17.9 Å². The Bertz CT molecular complexity index is 399. The molecule has 3 N–H and O–H groups in total. The summed E-state index contributed by atoms with van der Waals surface area (Å²) >= 11 is 1.86. The van der Waals surface area contributed by atoms with Crippen molar-refractivity contribution in [1.82, 2.24) is 5.43 Å². The maximum absolute atomic E-state index is 6.10. The maximum atomic E-state index is 6.10. The average Bonchev–Trinajstić information content (AvgIpc) is 2.44. The molecule has 1 aromatic carbocycles. The largest absolute Gasteiger partial charge is 0.487 e. The Balaban J connectivity index is 1.97. The zero-order valence-electron chi connectivity index (χ0n) is 11.8. The van der Waals surface area contributed by atoms with Crippen molar-refractivity contribution in [3.63, 3.8) is 0 Å². The lowest BCUT2D eigenvalue weighted by Gasteiger charge is -2.32. The van der Waals surface area contributed by atoms with E-state index in [1.54, 1.807) is 0 Å². The highest BCUT2D eigenvalue weighted by Gasteiger charge is 2.28. The first-order valence-electron chi connectivity index (χ1n) is 7.09. The van der Waals surface area contributed by atoms with Gasteiger partial charge in [0, 0.05) is 10.6 Å². The zero-order chi connectivity index (χ0) is 13.7. The molecule has 3 nitrogen and oxygen atoms in total. The standard InChI is InChI=1S/C15H24N2OS/c1-3-6-11(2)9-12(17-16)14-10-19-15-8-5-4-7-13(15)18-14/h4-5,7-8,11-12,14,17H,3,6,9-10,16H2,1-2H3. The third kappa shape index (κ3) is 3.88. The van der Waals surface area contributed by atoms with Gasteiger partial charge in [-0.25, -0.2) is 0 Å². The molecule has 3 unspecified atom stereocenters. The number of nitrogens with two attached hydrogens (primary N) is 1. The minimum absolute atomic E-state index is 0.157. The molecule has 19 heavy (non-hydrogen) atoms. The summed E-state index contributed by atoms with van der Waals surface area (Å²) in [6.45, 7) is 4.52. The van der Waals surface area contributed by atoms with Crippen LogP contribution in [0, 0.1) is 5.92 Å². The number of fused-ring (bicyclic) bond motifs is 1. The number of ether oxygens (including phenoxy) is 1. The van der Waals surface area contributed by atoms with Gasteiger partial charge in [0.1, 0.15) is 11.9 Å². The molecule has 1 aliphatic heterocycles. The summed E-state index contributed by atoms with van der Waals surface area (Å²) in [4.78, 5) is 1.23. The second-order valence-electron chi connectivity index (χ2n) is 5.32. The number of thioether (sulfide) groups is 1. The fourth-order valence-corrected chi connectivity index (χ4v) is 3.68. The number of hydrogen-bond acceptors (Lipinski definition) is 4. The quantitative estimate of drug-likeness (QED) is 0.620. The van der Waals surface area contributed by atoms with E-state index < -0.39 is 0 Å². The monoisotopic (exact) mass is 280 g/mol. The highest BCUT2D eigenvalue weighted by atomic mass is 32.2. The molecular formula is C15H24N2OS. The van der Waals surface area contributed by atoms with Gasteiger partial charge in [-0.05, 0) is 24.5 Å². The molecule has 0 saturated carbocycles. The molecule has 3 atom stereocenters. The van der Waals surface area contributed by atoms with Crippen LogP contribution in [0.4, 0.5) is 0 Å². The molecule has 1 heterocycles. The van der Waals surface area contributed by atoms with E-state index >= 15 is 0 Å². The van der Waals surface area contributed by atoms with Crippen molar-refractivity contribution in [2.75, 3.05) is 5.75 Å². The molecule has 0 aliphatic carbocycles. The molecule has 0 bridgehead atoms. The summed E-state index contributed by atoms with van der Waals surface area (Å²) < 4.78 is 6.10. The number of benzene rings is 1. The van der Waals surface area contributed by atoms with Crippen LogP contribution < -0.4 is 16.0 Å². The van der Waals surface area contributed by atoms with Crippen molar-refractivity contribution in [1.29, 1.82) is 0 Å². The van der Waals surface area contributed by atoms with Crippen LogP contribution in [-0.4, -0.2) is 17.9 Å². The van der Waals surface area contributed by atoms with Gasteiger partial charge in [0.2, 0.25) is 0 Å². The molecule has 0 saturated heterocycles. The Morgan fingerprint density at radius 1 is 1.47 bits per heavy atom. The van der Waals surface area contributed by atoms with Gasteiger partial charge in [-0.2, -0.15) is 0 Å². The fraction of sp³-hybridized carbons (Fsp3) is 0.600. The second-order valence-corrected chi connectivity index (χ2v) is 6.38. The zero-order valence-corrected chi connectivity index (χ0v) is 12.6. The van der Waals surface area contributed by atoms with Gasteiger partial charge in [0.25, 0.3) is 0 Å². The summed E-state index contributed by atoms with van der Waals surface area (Å²) in [5.74, 6) is 8.36. The first-order valence-corrected chi connectivity index (χ1v) is 8.07. The van der Waals surface area contributed by atoms with Crippen molar-refractivity contribution in [2.24, 2.45) is 11.8 Å². The number of nitrogens with one attached hydrogen (secondary N) is 1. The fourth-order valence-electron chi connectivity index (χ4n) is 2.61. The van der Waals surface area contributed by atoms with Crippen LogP contribution in [-0.2, 0) is 0 Å². The Morgan fingerprint density at radius 3 is 3.00 bits per heavy atom. The minimum Gasteiger partial charge on any atom is -0.487 e. The van der Waals surface area contributed by atoms with E-state index in [9.17, 15) is 0 Å². The molecule has 0 fully saturated rings. The highest BCUT2D eigenvalue weighted by Crippen LogP contribution is 2.36. The molecule has 2 rings (SSSR count). The lowest BCUT2D eigenvalue weighted by Crippen LogP contribution is -2.49. The van der Waals surface area contributed by atoms with Crippen LogP contribution >= 0.6 is 11.8 Å². The Hall–Kier alpha value is -0.710. The molecule has 0 amide bonds.